The van der Waals surface area contributed by atoms with Crippen LogP contribution in [0.5, 0.6) is 0 Å². The van der Waals surface area contributed by atoms with Crippen molar-refractivity contribution in [2.75, 3.05) is 11.1 Å². The summed E-state index contributed by atoms with van der Waals surface area (Å²) < 4.78 is 7.75. The average molecular weight is 634 g/mol. The number of rotatable bonds is 10. The van der Waals surface area contributed by atoms with E-state index in [-0.39, 0.29) is 22.7 Å². The molecule has 9 heteroatoms. The maximum Gasteiger partial charge on any atom is 0.277 e. The number of aromatic nitrogens is 4. The predicted octanol–water partition coefficient (Wildman–Crippen LogP) is 8.37. The summed E-state index contributed by atoms with van der Waals surface area (Å²) in [7, 11) is 0. The Balaban J connectivity index is 0.984. The lowest BCUT2D eigenvalue weighted by molar-refractivity contribution is -0.113. The van der Waals surface area contributed by atoms with Gasteiger partial charge >= 0.3 is 0 Å². The number of hydrogen-bond donors (Lipinski definition) is 1. The molecular weight excluding hydrogens is 607 g/mol. The highest BCUT2D eigenvalue weighted by molar-refractivity contribution is 7.99. The van der Waals surface area contributed by atoms with Crippen LogP contribution in [0.4, 0.5) is 5.69 Å². The molecule has 47 heavy (non-hydrogen) atoms. The van der Waals surface area contributed by atoms with E-state index in [1.807, 2.05) is 115 Å². The molecule has 0 spiro atoms. The second-order valence-corrected chi connectivity index (χ2v) is 11.5. The van der Waals surface area contributed by atoms with E-state index >= 15 is 0 Å². The van der Waals surface area contributed by atoms with Crippen molar-refractivity contribution in [2.24, 2.45) is 0 Å². The van der Waals surface area contributed by atoms with Crippen molar-refractivity contribution in [1.82, 2.24) is 20.0 Å². The number of benzene rings is 5. The Bertz CT molecular complexity index is 2200. The average Bonchev–Trinajstić information content (AvgIpc) is 3.79. The molecule has 8 nitrogen and oxygen atoms in total. The maximum atomic E-state index is 12.8. The van der Waals surface area contributed by atoms with Gasteiger partial charge in [0.2, 0.25) is 5.91 Å². The number of allylic oxidation sites excluding steroid dienone is 1. The summed E-state index contributed by atoms with van der Waals surface area (Å²) >= 11 is 1.14. The lowest BCUT2D eigenvalue weighted by Gasteiger charge is -2.05. The number of nitrogens with one attached hydrogen (secondary N) is 1. The van der Waals surface area contributed by atoms with Gasteiger partial charge in [-0.25, -0.2) is 4.68 Å². The van der Waals surface area contributed by atoms with Crippen LogP contribution in [0.15, 0.2) is 149 Å². The first-order valence-electron chi connectivity index (χ1n) is 14.9. The lowest BCUT2D eigenvalue weighted by Crippen LogP contribution is -2.14. The molecule has 0 saturated carbocycles. The van der Waals surface area contributed by atoms with E-state index in [0.29, 0.717) is 28.4 Å². The second-order valence-electron chi connectivity index (χ2n) is 10.6. The molecule has 7 rings (SSSR count). The van der Waals surface area contributed by atoms with Crippen molar-refractivity contribution in [3.05, 3.63) is 151 Å². The molecule has 0 saturated heterocycles. The molecule has 0 aliphatic rings. The van der Waals surface area contributed by atoms with E-state index in [4.69, 9.17) is 9.52 Å². The molecule has 0 radical (unpaired) electrons. The normalized spacial score (nSPS) is 11.2. The predicted molar refractivity (Wildman–Crippen MR) is 185 cm³/mol. The summed E-state index contributed by atoms with van der Waals surface area (Å²) in [6, 6.07) is 40.5. The molecule has 2 heterocycles. The first kappa shape index (κ1) is 29.6. The van der Waals surface area contributed by atoms with Crippen LogP contribution in [0.1, 0.15) is 15.9 Å². The fraction of sp³-hybridized carbons (Fsp3) is 0.0263. The molecule has 5 aromatic carbocycles. The van der Waals surface area contributed by atoms with Crippen LogP contribution in [-0.4, -0.2) is 37.4 Å². The Morgan fingerprint density at radius 1 is 0.787 bits per heavy atom. The zero-order chi connectivity index (χ0) is 32.0. The molecule has 228 valence electrons. The molecule has 0 aliphatic heterocycles. The van der Waals surface area contributed by atoms with Gasteiger partial charge in [0.1, 0.15) is 5.69 Å². The molecule has 2 aromatic heterocycles. The molecule has 1 amide bonds. The van der Waals surface area contributed by atoms with Crippen LogP contribution in [0.25, 0.3) is 45.2 Å². The monoisotopic (exact) mass is 633 g/mol. The number of fused-ring (bicyclic) bond motifs is 1. The lowest BCUT2D eigenvalue weighted by atomic mass is 10.0. The zero-order valence-corrected chi connectivity index (χ0v) is 25.8. The number of anilines is 1. The van der Waals surface area contributed by atoms with Gasteiger partial charge in [0.05, 0.1) is 17.0 Å². The molecule has 0 unspecified atom stereocenters. The van der Waals surface area contributed by atoms with E-state index in [0.717, 1.165) is 39.3 Å². The number of carbonyl (C=O) groups excluding carboxylic acids is 2. The minimum Gasteiger partial charge on any atom is -0.411 e. The SMILES string of the molecule is O=C(CSc1nnc(-c2cn(-c3ccccc3)nc2-c2ccccc2)o1)Nc1ccc(C(=O)/C=C/c2cccc3ccccc23)cc1. The van der Waals surface area contributed by atoms with Gasteiger partial charge in [-0.05, 0) is 58.8 Å². The zero-order valence-electron chi connectivity index (χ0n) is 25.0. The van der Waals surface area contributed by atoms with Crippen molar-refractivity contribution in [1.29, 1.82) is 0 Å². The Hall–Kier alpha value is -6.06. The maximum absolute atomic E-state index is 12.8. The molecular formula is C38H27N5O3S. The minimum atomic E-state index is -0.244. The molecule has 0 aliphatic carbocycles. The highest BCUT2D eigenvalue weighted by Gasteiger charge is 2.20. The number of ketones is 1. The number of thioether (sulfide) groups is 1. The molecule has 0 bridgehead atoms. The Kier molecular flexibility index (Phi) is 8.52. The number of nitrogens with zero attached hydrogens (tertiary/aromatic N) is 4. The van der Waals surface area contributed by atoms with Crippen molar-refractivity contribution >= 4 is 46.0 Å². The van der Waals surface area contributed by atoms with Crippen molar-refractivity contribution in [3.63, 3.8) is 0 Å². The van der Waals surface area contributed by atoms with Crippen molar-refractivity contribution in [3.8, 4) is 28.4 Å². The summed E-state index contributed by atoms with van der Waals surface area (Å²) in [6.07, 6.45) is 5.26. The van der Waals surface area contributed by atoms with Crippen LogP contribution < -0.4 is 5.32 Å². The van der Waals surface area contributed by atoms with E-state index in [9.17, 15) is 9.59 Å². The van der Waals surface area contributed by atoms with E-state index < -0.39 is 0 Å². The number of para-hydroxylation sites is 1. The van der Waals surface area contributed by atoms with Crippen LogP contribution in [-0.2, 0) is 4.79 Å². The first-order valence-corrected chi connectivity index (χ1v) is 15.9. The first-order chi connectivity index (χ1) is 23.1. The fourth-order valence-electron chi connectivity index (χ4n) is 5.13. The Morgan fingerprint density at radius 2 is 1.51 bits per heavy atom. The highest BCUT2D eigenvalue weighted by atomic mass is 32.2. The van der Waals surface area contributed by atoms with Gasteiger partial charge in [-0.2, -0.15) is 5.10 Å². The van der Waals surface area contributed by atoms with Gasteiger partial charge in [-0.1, -0.05) is 109 Å². The second kappa shape index (κ2) is 13.5. The van der Waals surface area contributed by atoms with Gasteiger partial charge in [-0.15, -0.1) is 10.2 Å². The summed E-state index contributed by atoms with van der Waals surface area (Å²) in [5, 5.41) is 18.5. The number of amides is 1. The van der Waals surface area contributed by atoms with Gasteiger partial charge in [-0.3, -0.25) is 9.59 Å². The number of hydrogen-bond acceptors (Lipinski definition) is 7. The van der Waals surface area contributed by atoms with E-state index in [1.54, 1.807) is 35.0 Å². The van der Waals surface area contributed by atoms with Crippen LogP contribution in [0.3, 0.4) is 0 Å². The van der Waals surface area contributed by atoms with Crippen LogP contribution >= 0.6 is 11.8 Å². The van der Waals surface area contributed by atoms with Gasteiger partial charge < -0.3 is 9.73 Å². The quantitative estimate of drug-likeness (QED) is 0.0917. The van der Waals surface area contributed by atoms with E-state index in [2.05, 4.69) is 15.5 Å². The molecule has 0 atom stereocenters. The summed E-state index contributed by atoms with van der Waals surface area (Å²) in [5.74, 6) is 0.00352. The third-order valence-corrected chi connectivity index (χ3v) is 8.26. The summed E-state index contributed by atoms with van der Waals surface area (Å²) in [4.78, 5) is 25.6. The Morgan fingerprint density at radius 3 is 2.32 bits per heavy atom. The van der Waals surface area contributed by atoms with Crippen molar-refractivity contribution in [2.45, 2.75) is 5.22 Å². The van der Waals surface area contributed by atoms with Crippen LogP contribution in [0.2, 0.25) is 0 Å². The molecule has 0 fully saturated rings. The number of carbonyl (C=O) groups is 2. The van der Waals surface area contributed by atoms with Crippen molar-refractivity contribution < 1.29 is 14.0 Å². The van der Waals surface area contributed by atoms with Gasteiger partial charge in [0.25, 0.3) is 11.1 Å². The van der Waals surface area contributed by atoms with Gasteiger partial charge in [0.15, 0.2) is 5.78 Å². The van der Waals surface area contributed by atoms with E-state index in [1.165, 1.54) is 0 Å². The van der Waals surface area contributed by atoms with Crippen LogP contribution in [0, 0.1) is 0 Å². The standard InChI is InChI=1S/C38H27N5O3S/c44-34(23-20-27-14-9-13-26-10-7-8-17-32(26)27)28-18-21-30(22-19-28)39-35(45)25-47-38-41-40-37(46-38)33-24-43(31-15-5-2-6-16-31)42-36(33)29-11-3-1-4-12-29/h1-24H,25H2,(H,39,45)/b23-20+. The largest absolute Gasteiger partial charge is 0.411 e. The van der Waals surface area contributed by atoms with Gasteiger partial charge in [0, 0.05) is 23.0 Å². The highest BCUT2D eigenvalue weighted by Crippen LogP contribution is 2.32. The summed E-state index contributed by atoms with van der Waals surface area (Å²) in [5.41, 5.74) is 5.29. The third kappa shape index (κ3) is 6.80. The molecule has 7 aromatic rings. The minimum absolute atomic E-state index is 0.0604. The fourth-order valence-corrected chi connectivity index (χ4v) is 5.69. The third-order valence-electron chi connectivity index (χ3n) is 7.44. The summed E-state index contributed by atoms with van der Waals surface area (Å²) in [6.45, 7) is 0. The smallest absolute Gasteiger partial charge is 0.277 e. The Labute approximate surface area is 274 Å². The topological polar surface area (TPSA) is 103 Å². The molecule has 1 N–H and O–H groups in total.